The summed E-state index contributed by atoms with van der Waals surface area (Å²) in [5.41, 5.74) is 2.01. The molecule has 1 aromatic heterocycles. The number of hydrogen-bond acceptors (Lipinski definition) is 4. The molecule has 0 spiro atoms. The molecule has 0 bridgehead atoms. The van der Waals surface area contributed by atoms with E-state index in [0.717, 1.165) is 43.1 Å². The second-order valence-corrected chi connectivity index (χ2v) is 7.81. The number of hydrogen-bond donors (Lipinski definition) is 0. The van der Waals surface area contributed by atoms with Crippen LogP contribution in [-0.4, -0.2) is 66.1 Å². The van der Waals surface area contributed by atoms with Gasteiger partial charge in [0.05, 0.1) is 5.69 Å². The van der Waals surface area contributed by atoms with E-state index in [4.69, 9.17) is 4.98 Å². The molecule has 0 saturated carbocycles. The molecule has 0 radical (unpaired) electrons. The van der Waals surface area contributed by atoms with E-state index in [2.05, 4.69) is 52.3 Å². The van der Waals surface area contributed by atoms with E-state index < -0.39 is 0 Å². The highest BCUT2D eigenvalue weighted by atomic mass is 16.2. The van der Waals surface area contributed by atoms with E-state index >= 15 is 0 Å². The Labute approximate surface area is 171 Å². The third kappa shape index (κ3) is 4.01. The molecule has 2 amide bonds. The van der Waals surface area contributed by atoms with E-state index in [-0.39, 0.29) is 6.03 Å². The Kier molecular flexibility index (Phi) is 5.34. The molecule has 2 heterocycles. The Balaban J connectivity index is 1.50. The Bertz CT molecular complexity index is 1010. The van der Waals surface area contributed by atoms with Crippen LogP contribution < -0.4 is 4.90 Å². The highest BCUT2D eigenvalue weighted by molar-refractivity contribution is 5.86. The summed E-state index contributed by atoms with van der Waals surface area (Å²) in [4.78, 5) is 27.2. The molecule has 0 unspecified atom stereocenters. The molecule has 1 aliphatic heterocycles. The van der Waals surface area contributed by atoms with Crippen molar-refractivity contribution in [3.63, 3.8) is 0 Å². The van der Waals surface area contributed by atoms with Gasteiger partial charge in [0.2, 0.25) is 5.95 Å². The van der Waals surface area contributed by atoms with Crippen LogP contribution in [0.15, 0.2) is 54.7 Å². The summed E-state index contributed by atoms with van der Waals surface area (Å²) in [7, 11) is 5.65. The molecule has 150 valence electrons. The van der Waals surface area contributed by atoms with Crippen LogP contribution in [0.5, 0.6) is 0 Å². The number of amides is 2. The van der Waals surface area contributed by atoms with Crippen molar-refractivity contribution in [3.05, 3.63) is 54.7 Å². The highest BCUT2D eigenvalue weighted by Gasteiger charge is 2.27. The molecule has 29 heavy (non-hydrogen) atoms. The summed E-state index contributed by atoms with van der Waals surface area (Å²) in [6.07, 6.45) is 3.66. The van der Waals surface area contributed by atoms with Crippen LogP contribution >= 0.6 is 0 Å². The van der Waals surface area contributed by atoms with Crippen LogP contribution in [-0.2, 0) is 0 Å². The van der Waals surface area contributed by atoms with Gasteiger partial charge >= 0.3 is 6.03 Å². The molecule has 4 rings (SSSR count). The van der Waals surface area contributed by atoms with Crippen LogP contribution in [0, 0.1) is 0 Å². The molecule has 2 aromatic carbocycles. The van der Waals surface area contributed by atoms with Crippen molar-refractivity contribution < 1.29 is 4.79 Å². The minimum absolute atomic E-state index is 0.0839. The predicted octanol–water partition coefficient (Wildman–Crippen LogP) is 3.88. The first-order valence-electron chi connectivity index (χ1n) is 10.0. The molecule has 6 nitrogen and oxygen atoms in total. The van der Waals surface area contributed by atoms with Gasteiger partial charge in [0.15, 0.2) is 0 Å². The molecule has 1 aliphatic rings. The summed E-state index contributed by atoms with van der Waals surface area (Å²) < 4.78 is 0. The Hall–Kier alpha value is -3.15. The van der Waals surface area contributed by atoms with Gasteiger partial charge in [-0.3, -0.25) is 0 Å². The lowest BCUT2D eigenvalue weighted by atomic mass is 10.0. The van der Waals surface area contributed by atoms with E-state index in [1.165, 1.54) is 10.8 Å². The van der Waals surface area contributed by atoms with Crippen molar-refractivity contribution in [1.82, 2.24) is 19.8 Å². The van der Waals surface area contributed by atoms with Crippen LogP contribution in [0.3, 0.4) is 0 Å². The summed E-state index contributed by atoms with van der Waals surface area (Å²) in [5.74, 6) is 0.730. The molecular weight excluding hydrogens is 362 g/mol. The van der Waals surface area contributed by atoms with E-state index in [9.17, 15) is 4.79 Å². The average Bonchev–Trinajstić information content (AvgIpc) is 2.78. The second kappa shape index (κ2) is 8.07. The monoisotopic (exact) mass is 389 g/mol. The molecule has 6 heteroatoms. The average molecular weight is 390 g/mol. The van der Waals surface area contributed by atoms with Crippen molar-refractivity contribution in [1.29, 1.82) is 0 Å². The van der Waals surface area contributed by atoms with Crippen molar-refractivity contribution in [2.45, 2.75) is 18.9 Å². The number of urea groups is 1. The van der Waals surface area contributed by atoms with Crippen molar-refractivity contribution in [2.75, 3.05) is 39.1 Å². The lowest BCUT2D eigenvalue weighted by molar-refractivity contribution is 0.156. The Morgan fingerprint density at radius 1 is 1.00 bits per heavy atom. The number of likely N-dealkylation sites (tertiary alicyclic amines) is 1. The first kappa shape index (κ1) is 19.2. The maximum Gasteiger partial charge on any atom is 0.319 e. The number of carbonyl (C=O) groups is 1. The van der Waals surface area contributed by atoms with Crippen molar-refractivity contribution in [3.8, 4) is 11.3 Å². The number of nitrogens with zero attached hydrogens (tertiary/aromatic N) is 5. The van der Waals surface area contributed by atoms with Gasteiger partial charge in [-0.05, 0) is 35.7 Å². The van der Waals surface area contributed by atoms with E-state index in [0.29, 0.717) is 6.04 Å². The SMILES string of the molecule is CN(C)C(=O)N1CCC(N(C)c2nccc(-c3ccc4ccccc4c3)n2)CC1. The lowest BCUT2D eigenvalue weighted by Gasteiger charge is -2.37. The zero-order valence-electron chi connectivity index (χ0n) is 17.2. The number of fused-ring (bicyclic) bond motifs is 1. The zero-order valence-corrected chi connectivity index (χ0v) is 17.2. The number of piperidine rings is 1. The second-order valence-electron chi connectivity index (χ2n) is 7.81. The van der Waals surface area contributed by atoms with Crippen molar-refractivity contribution in [2.24, 2.45) is 0 Å². The topological polar surface area (TPSA) is 52.6 Å². The van der Waals surface area contributed by atoms with Crippen LogP contribution in [0.4, 0.5) is 10.7 Å². The van der Waals surface area contributed by atoms with Crippen LogP contribution in [0.2, 0.25) is 0 Å². The summed E-state index contributed by atoms with van der Waals surface area (Å²) in [6, 6.07) is 17.1. The first-order valence-corrected chi connectivity index (χ1v) is 10.0. The number of aromatic nitrogens is 2. The zero-order chi connectivity index (χ0) is 20.4. The third-order valence-corrected chi connectivity index (χ3v) is 5.67. The van der Waals surface area contributed by atoms with Crippen LogP contribution in [0.25, 0.3) is 22.0 Å². The fraction of sp³-hybridized carbons (Fsp3) is 0.348. The smallest absolute Gasteiger partial charge is 0.319 e. The molecule has 3 aromatic rings. The van der Waals surface area contributed by atoms with Gasteiger partial charge in [-0.1, -0.05) is 36.4 Å². The predicted molar refractivity (Wildman–Crippen MR) is 117 cm³/mol. The van der Waals surface area contributed by atoms with Gasteiger partial charge in [-0.25, -0.2) is 14.8 Å². The van der Waals surface area contributed by atoms with Crippen LogP contribution in [0.1, 0.15) is 12.8 Å². The van der Waals surface area contributed by atoms with Gasteiger partial charge in [0, 0.05) is 52.0 Å². The molecule has 0 N–H and O–H groups in total. The lowest BCUT2D eigenvalue weighted by Crippen LogP contribution is -2.48. The Morgan fingerprint density at radius 2 is 1.72 bits per heavy atom. The minimum atomic E-state index is 0.0839. The van der Waals surface area contributed by atoms with Gasteiger partial charge in [0.25, 0.3) is 0 Å². The fourth-order valence-corrected chi connectivity index (χ4v) is 3.92. The Morgan fingerprint density at radius 3 is 2.45 bits per heavy atom. The fourth-order valence-electron chi connectivity index (χ4n) is 3.92. The standard InChI is InChI=1S/C23H27N5O/c1-26(2)23(29)28-14-11-20(12-15-28)27(3)22-24-13-10-21(25-22)19-9-8-17-6-4-5-7-18(17)16-19/h4-10,13,16,20H,11-12,14-15H2,1-3H3. The first-order chi connectivity index (χ1) is 14.0. The summed E-state index contributed by atoms with van der Waals surface area (Å²) >= 11 is 0. The molecule has 0 atom stereocenters. The van der Waals surface area contributed by atoms with E-state index in [1.807, 2.05) is 24.2 Å². The molecule has 0 aliphatic carbocycles. The molecule has 1 saturated heterocycles. The summed E-state index contributed by atoms with van der Waals surface area (Å²) in [5, 5.41) is 2.43. The van der Waals surface area contributed by atoms with Gasteiger partial charge < -0.3 is 14.7 Å². The quantitative estimate of drug-likeness (QED) is 0.682. The van der Waals surface area contributed by atoms with E-state index in [1.54, 1.807) is 19.0 Å². The number of rotatable bonds is 3. The summed E-state index contributed by atoms with van der Waals surface area (Å²) in [6.45, 7) is 1.52. The number of benzene rings is 2. The normalized spacial score (nSPS) is 14.8. The third-order valence-electron chi connectivity index (χ3n) is 5.67. The number of anilines is 1. The maximum atomic E-state index is 12.2. The van der Waals surface area contributed by atoms with Gasteiger partial charge in [-0.15, -0.1) is 0 Å². The van der Waals surface area contributed by atoms with Crippen molar-refractivity contribution >= 4 is 22.8 Å². The minimum Gasteiger partial charge on any atom is -0.341 e. The largest absolute Gasteiger partial charge is 0.341 e. The number of carbonyl (C=O) groups excluding carboxylic acids is 1. The molecule has 1 fully saturated rings. The van der Waals surface area contributed by atoms with Gasteiger partial charge in [-0.2, -0.15) is 0 Å². The molecular formula is C23H27N5O. The van der Waals surface area contributed by atoms with Gasteiger partial charge in [0.1, 0.15) is 0 Å². The highest BCUT2D eigenvalue weighted by Crippen LogP contribution is 2.25. The maximum absolute atomic E-state index is 12.2.